The molecule has 1 aromatic rings. The molecular formula is C16H21NO. The van der Waals surface area contributed by atoms with Crippen LogP contribution in [0.5, 0.6) is 0 Å². The van der Waals surface area contributed by atoms with Crippen LogP contribution in [-0.2, 0) is 0 Å². The predicted molar refractivity (Wildman–Crippen MR) is 74.7 cm³/mol. The summed E-state index contributed by atoms with van der Waals surface area (Å²) >= 11 is 0. The van der Waals surface area contributed by atoms with E-state index < -0.39 is 0 Å². The molecule has 0 fully saturated rings. The van der Waals surface area contributed by atoms with E-state index in [1.165, 1.54) is 31.3 Å². The molecule has 0 heterocycles. The van der Waals surface area contributed by atoms with Crippen LogP contribution in [0.15, 0.2) is 35.9 Å². The van der Waals surface area contributed by atoms with E-state index in [9.17, 15) is 4.79 Å². The molecular weight excluding hydrogens is 222 g/mol. The summed E-state index contributed by atoms with van der Waals surface area (Å²) in [4.78, 5) is 12.0. The minimum Gasteiger partial charge on any atom is -0.352 e. The van der Waals surface area contributed by atoms with Crippen molar-refractivity contribution in [3.8, 4) is 0 Å². The van der Waals surface area contributed by atoms with Gasteiger partial charge in [-0.15, -0.1) is 0 Å². The first kappa shape index (κ1) is 12.9. The van der Waals surface area contributed by atoms with E-state index in [1.54, 1.807) is 0 Å². The normalized spacial score (nSPS) is 15.1. The van der Waals surface area contributed by atoms with Gasteiger partial charge in [-0.25, -0.2) is 0 Å². The lowest BCUT2D eigenvalue weighted by Gasteiger charge is -2.13. The first-order chi connectivity index (χ1) is 8.77. The summed E-state index contributed by atoms with van der Waals surface area (Å²) in [7, 11) is 0. The Balaban J connectivity index is 1.82. The van der Waals surface area contributed by atoms with Crippen LogP contribution in [0.4, 0.5) is 0 Å². The largest absolute Gasteiger partial charge is 0.352 e. The lowest BCUT2D eigenvalue weighted by atomic mass is 9.97. The Bertz CT molecular complexity index is 448. The number of carbonyl (C=O) groups is 1. The van der Waals surface area contributed by atoms with Crippen molar-refractivity contribution in [2.45, 2.75) is 39.0 Å². The maximum Gasteiger partial charge on any atom is 0.251 e. The Kier molecular flexibility index (Phi) is 4.57. The molecule has 0 radical (unpaired) electrons. The van der Waals surface area contributed by atoms with Crippen molar-refractivity contribution in [3.05, 3.63) is 47.0 Å². The highest BCUT2D eigenvalue weighted by Gasteiger charge is 2.08. The standard InChI is InChI=1S/C16H21NO/c1-13-7-5-6-10-15(13)16(18)17-12-11-14-8-3-2-4-9-14/h5-8,10H,2-4,9,11-12H2,1H3,(H,17,18). The summed E-state index contributed by atoms with van der Waals surface area (Å²) in [6.45, 7) is 2.72. The Labute approximate surface area is 109 Å². The quantitative estimate of drug-likeness (QED) is 0.804. The molecule has 18 heavy (non-hydrogen) atoms. The third-order valence-electron chi connectivity index (χ3n) is 3.51. The van der Waals surface area contributed by atoms with Crippen LogP contribution < -0.4 is 5.32 Å². The van der Waals surface area contributed by atoms with Gasteiger partial charge in [0, 0.05) is 12.1 Å². The fourth-order valence-electron chi connectivity index (χ4n) is 2.39. The van der Waals surface area contributed by atoms with Gasteiger partial charge in [-0.1, -0.05) is 29.8 Å². The first-order valence-corrected chi connectivity index (χ1v) is 6.79. The fraction of sp³-hybridized carbons (Fsp3) is 0.438. The zero-order valence-electron chi connectivity index (χ0n) is 11.0. The average molecular weight is 243 g/mol. The number of allylic oxidation sites excluding steroid dienone is 1. The minimum atomic E-state index is 0.0458. The van der Waals surface area contributed by atoms with Gasteiger partial charge in [-0.05, 0) is 50.7 Å². The van der Waals surface area contributed by atoms with Gasteiger partial charge in [-0.2, -0.15) is 0 Å². The molecule has 2 nitrogen and oxygen atoms in total. The highest BCUT2D eigenvalue weighted by Crippen LogP contribution is 2.19. The summed E-state index contributed by atoms with van der Waals surface area (Å²) in [5.41, 5.74) is 3.33. The van der Waals surface area contributed by atoms with Crippen LogP contribution >= 0.6 is 0 Å². The maximum atomic E-state index is 12.0. The van der Waals surface area contributed by atoms with Gasteiger partial charge in [0.05, 0.1) is 0 Å². The number of benzene rings is 1. The van der Waals surface area contributed by atoms with Crippen LogP contribution in [0.25, 0.3) is 0 Å². The van der Waals surface area contributed by atoms with Gasteiger partial charge in [0.1, 0.15) is 0 Å². The summed E-state index contributed by atoms with van der Waals surface area (Å²) in [5.74, 6) is 0.0458. The Morgan fingerprint density at radius 3 is 2.83 bits per heavy atom. The van der Waals surface area contributed by atoms with E-state index in [-0.39, 0.29) is 5.91 Å². The second kappa shape index (κ2) is 6.39. The van der Waals surface area contributed by atoms with E-state index in [0.29, 0.717) is 0 Å². The van der Waals surface area contributed by atoms with E-state index in [1.807, 2.05) is 31.2 Å². The second-order valence-electron chi connectivity index (χ2n) is 4.93. The molecule has 1 aromatic carbocycles. The monoisotopic (exact) mass is 243 g/mol. The fourth-order valence-corrected chi connectivity index (χ4v) is 2.39. The van der Waals surface area contributed by atoms with Gasteiger partial charge in [-0.3, -0.25) is 4.79 Å². The molecule has 2 heteroatoms. The molecule has 0 bridgehead atoms. The number of amides is 1. The zero-order chi connectivity index (χ0) is 12.8. The summed E-state index contributed by atoms with van der Waals surface area (Å²) in [6.07, 6.45) is 8.37. The van der Waals surface area contributed by atoms with Gasteiger partial charge < -0.3 is 5.32 Å². The number of hydrogen-bond donors (Lipinski definition) is 1. The number of rotatable bonds is 4. The third kappa shape index (κ3) is 3.46. The minimum absolute atomic E-state index is 0.0458. The topological polar surface area (TPSA) is 29.1 Å². The van der Waals surface area contributed by atoms with E-state index in [2.05, 4.69) is 11.4 Å². The van der Waals surface area contributed by atoms with Crippen molar-refractivity contribution in [1.82, 2.24) is 5.32 Å². The molecule has 2 rings (SSSR count). The summed E-state index contributed by atoms with van der Waals surface area (Å²) in [5, 5.41) is 3.01. The second-order valence-corrected chi connectivity index (χ2v) is 4.93. The van der Waals surface area contributed by atoms with Crippen LogP contribution in [0.1, 0.15) is 48.0 Å². The van der Waals surface area contributed by atoms with Crippen LogP contribution in [0.2, 0.25) is 0 Å². The van der Waals surface area contributed by atoms with Gasteiger partial charge in [0.2, 0.25) is 0 Å². The molecule has 0 saturated carbocycles. The highest BCUT2D eigenvalue weighted by atomic mass is 16.1. The molecule has 0 atom stereocenters. The molecule has 1 N–H and O–H groups in total. The Morgan fingerprint density at radius 1 is 1.28 bits per heavy atom. The first-order valence-electron chi connectivity index (χ1n) is 6.79. The molecule has 96 valence electrons. The Hall–Kier alpha value is -1.57. The lowest BCUT2D eigenvalue weighted by Crippen LogP contribution is -2.25. The molecule has 0 aromatic heterocycles. The molecule has 1 aliphatic carbocycles. The molecule has 1 aliphatic rings. The van der Waals surface area contributed by atoms with Crippen molar-refractivity contribution in [2.75, 3.05) is 6.54 Å². The summed E-state index contributed by atoms with van der Waals surface area (Å²) < 4.78 is 0. The van der Waals surface area contributed by atoms with Crippen molar-refractivity contribution < 1.29 is 4.79 Å². The van der Waals surface area contributed by atoms with Gasteiger partial charge in [0.15, 0.2) is 0 Å². The van der Waals surface area contributed by atoms with Crippen molar-refractivity contribution in [3.63, 3.8) is 0 Å². The van der Waals surface area contributed by atoms with E-state index in [4.69, 9.17) is 0 Å². The lowest BCUT2D eigenvalue weighted by molar-refractivity contribution is 0.0953. The van der Waals surface area contributed by atoms with Gasteiger partial charge >= 0.3 is 0 Å². The molecule has 0 spiro atoms. The van der Waals surface area contributed by atoms with Crippen molar-refractivity contribution >= 4 is 5.91 Å². The zero-order valence-corrected chi connectivity index (χ0v) is 11.0. The van der Waals surface area contributed by atoms with Gasteiger partial charge in [0.25, 0.3) is 5.91 Å². The number of nitrogens with one attached hydrogen (secondary N) is 1. The highest BCUT2D eigenvalue weighted by molar-refractivity contribution is 5.95. The smallest absolute Gasteiger partial charge is 0.251 e. The SMILES string of the molecule is Cc1ccccc1C(=O)NCCC1=CCCCC1. The van der Waals surface area contributed by atoms with E-state index in [0.717, 1.165) is 24.1 Å². The molecule has 0 saturated heterocycles. The summed E-state index contributed by atoms with van der Waals surface area (Å²) in [6, 6.07) is 7.72. The average Bonchev–Trinajstić information content (AvgIpc) is 2.40. The van der Waals surface area contributed by atoms with E-state index >= 15 is 0 Å². The van der Waals surface area contributed by atoms with Crippen LogP contribution in [0.3, 0.4) is 0 Å². The number of hydrogen-bond acceptors (Lipinski definition) is 1. The molecule has 0 unspecified atom stereocenters. The van der Waals surface area contributed by atoms with Crippen molar-refractivity contribution in [1.29, 1.82) is 0 Å². The maximum absolute atomic E-state index is 12.0. The molecule has 0 aliphatic heterocycles. The van der Waals surface area contributed by atoms with Crippen LogP contribution in [0, 0.1) is 6.92 Å². The third-order valence-corrected chi connectivity index (χ3v) is 3.51. The predicted octanol–water partition coefficient (Wildman–Crippen LogP) is 3.62. The number of carbonyl (C=O) groups excluding carboxylic acids is 1. The Morgan fingerprint density at radius 2 is 2.11 bits per heavy atom. The van der Waals surface area contributed by atoms with Crippen molar-refractivity contribution in [2.24, 2.45) is 0 Å². The molecule has 1 amide bonds. The van der Waals surface area contributed by atoms with Crippen LogP contribution in [-0.4, -0.2) is 12.5 Å². The number of aryl methyl sites for hydroxylation is 1.